The molecule has 0 aromatic heterocycles. The van der Waals surface area contributed by atoms with Gasteiger partial charge in [-0.25, -0.2) is 4.79 Å². The zero-order valence-corrected chi connectivity index (χ0v) is 10.7. The van der Waals surface area contributed by atoms with E-state index in [-0.39, 0.29) is 12.5 Å². The first-order valence-electron chi connectivity index (χ1n) is 5.81. The van der Waals surface area contributed by atoms with Gasteiger partial charge in [-0.05, 0) is 24.1 Å². The predicted molar refractivity (Wildman–Crippen MR) is 68.2 cm³/mol. The van der Waals surface area contributed by atoms with Crippen LogP contribution in [0.25, 0.3) is 0 Å². The number of carbonyl (C=O) groups excluding carboxylic acids is 1. The number of methoxy groups -OCH3 is 1. The van der Waals surface area contributed by atoms with Crippen molar-refractivity contribution in [2.24, 2.45) is 0 Å². The van der Waals surface area contributed by atoms with Crippen molar-refractivity contribution in [1.82, 2.24) is 5.32 Å². The van der Waals surface area contributed by atoms with E-state index in [1.807, 2.05) is 24.3 Å². The lowest BCUT2D eigenvalue weighted by Gasteiger charge is -2.06. The van der Waals surface area contributed by atoms with E-state index in [0.717, 1.165) is 11.3 Å². The number of amides is 1. The molecule has 0 saturated carbocycles. The molecule has 6 nitrogen and oxygen atoms in total. The molecule has 0 bridgehead atoms. The molecule has 19 heavy (non-hydrogen) atoms. The van der Waals surface area contributed by atoms with Crippen LogP contribution in [0, 0.1) is 0 Å². The zero-order chi connectivity index (χ0) is 14.1. The first kappa shape index (κ1) is 15.0. The van der Waals surface area contributed by atoms with Gasteiger partial charge in [0.05, 0.1) is 7.11 Å². The van der Waals surface area contributed by atoms with Crippen LogP contribution in [0.5, 0.6) is 5.75 Å². The Labute approximate surface area is 111 Å². The zero-order valence-electron chi connectivity index (χ0n) is 10.7. The summed E-state index contributed by atoms with van der Waals surface area (Å²) in [6.45, 7) is -0.234. The molecule has 6 heteroatoms. The molecule has 0 saturated heterocycles. The Hall–Kier alpha value is -2.08. The quantitative estimate of drug-likeness (QED) is 0.714. The second-order valence-electron chi connectivity index (χ2n) is 3.83. The molecule has 0 unspecified atom stereocenters. The van der Waals surface area contributed by atoms with Crippen molar-refractivity contribution in [2.75, 3.05) is 26.9 Å². The van der Waals surface area contributed by atoms with Crippen molar-refractivity contribution in [3.63, 3.8) is 0 Å². The van der Waals surface area contributed by atoms with E-state index >= 15 is 0 Å². The van der Waals surface area contributed by atoms with Gasteiger partial charge in [-0.15, -0.1) is 0 Å². The molecule has 1 aromatic carbocycles. The van der Waals surface area contributed by atoms with Gasteiger partial charge in [0.15, 0.2) is 0 Å². The fraction of sp³-hybridized carbons (Fsp3) is 0.385. The maximum atomic E-state index is 11.3. The van der Waals surface area contributed by atoms with Crippen LogP contribution >= 0.6 is 0 Å². The number of rotatable bonds is 8. The minimum Gasteiger partial charge on any atom is -0.497 e. The van der Waals surface area contributed by atoms with E-state index in [1.165, 1.54) is 0 Å². The molecular weight excluding hydrogens is 250 g/mol. The number of carboxylic acid groups (broad SMARTS) is 1. The minimum absolute atomic E-state index is 0.241. The summed E-state index contributed by atoms with van der Waals surface area (Å²) in [4.78, 5) is 21.4. The van der Waals surface area contributed by atoms with Gasteiger partial charge >= 0.3 is 5.97 Å². The Kier molecular flexibility index (Phi) is 6.38. The fourth-order valence-electron chi connectivity index (χ4n) is 1.42. The number of carboxylic acids is 1. The normalized spacial score (nSPS) is 9.95. The average molecular weight is 267 g/mol. The lowest BCUT2D eigenvalue weighted by atomic mass is 10.1. The average Bonchev–Trinajstić information content (AvgIpc) is 2.39. The third-order valence-corrected chi connectivity index (χ3v) is 2.35. The molecule has 0 atom stereocenters. The Balaban J connectivity index is 2.18. The van der Waals surface area contributed by atoms with Crippen LogP contribution < -0.4 is 10.1 Å². The number of ether oxygens (including phenoxy) is 2. The minimum atomic E-state index is -1.09. The van der Waals surface area contributed by atoms with Crippen LogP contribution in [0.4, 0.5) is 0 Å². The number of hydrogen-bond acceptors (Lipinski definition) is 4. The van der Waals surface area contributed by atoms with Crippen LogP contribution in [0.2, 0.25) is 0 Å². The Morgan fingerprint density at radius 1 is 1.21 bits per heavy atom. The number of nitrogens with one attached hydrogen (secondary N) is 1. The summed E-state index contributed by atoms with van der Waals surface area (Å²) in [5.74, 6) is -0.629. The predicted octanol–water partition coefficient (Wildman–Crippen LogP) is 0.455. The van der Waals surface area contributed by atoms with Gasteiger partial charge in [-0.2, -0.15) is 0 Å². The number of carbonyl (C=O) groups is 2. The molecule has 1 aromatic rings. The van der Waals surface area contributed by atoms with E-state index in [0.29, 0.717) is 13.0 Å². The Morgan fingerprint density at radius 3 is 2.47 bits per heavy atom. The van der Waals surface area contributed by atoms with Crippen molar-refractivity contribution in [3.8, 4) is 5.75 Å². The number of hydrogen-bond donors (Lipinski definition) is 2. The van der Waals surface area contributed by atoms with E-state index in [9.17, 15) is 9.59 Å². The van der Waals surface area contributed by atoms with E-state index in [1.54, 1.807) is 7.11 Å². The molecule has 1 amide bonds. The van der Waals surface area contributed by atoms with Gasteiger partial charge in [-0.3, -0.25) is 4.79 Å². The van der Waals surface area contributed by atoms with Gasteiger partial charge in [0.1, 0.15) is 19.0 Å². The monoisotopic (exact) mass is 267 g/mol. The van der Waals surface area contributed by atoms with Crippen LogP contribution in [0.15, 0.2) is 24.3 Å². The van der Waals surface area contributed by atoms with Gasteiger partial charge in [0, 0.05) is 6.54 Å². The van der Waals surface area contributed by atoms with Crippen molar-refractivity contribution < 1.29 is 24.2 Å². The van der Waals surface area contributed by atoms with Crippen LogP contribution in [-0.4, -0.2) is 43.9 Å². The third kappa shape index (κ3) is 6.42. The highest BCUT2D eigenvalue weighted by atomic mass is 16.5. The standard InChI is InChI=1S/C13H17NO5/c1-18-11-4-2-10(3-5-11)6-7-14-12(15)8-19-9-13(16)17/h2-5H,6-9H2,1H3,(H,14,15)(H,16,17). The van der Waals surface area contributed by atoms with E-state index in [4.69, 9.17) is 9.84 Å². The molecule has 1 rings (SSSR count). The van der Waals surface area contributed by atoms with Crippen molar-refractivity contribution in [1.29, 1.82) is 0 Å². The number of benzene rings is 1. The van der Waals surface area contributed by atoms with Crippen LogP contribution in [0.1, 0.15) is 5.56 Å². The molecule has 2 N–H and O–H groups in total. The highest BCUT2D eigenvalue weighted by Gasteiger charge is 2.03. The summed E-state index contributed by atoms with van der Waals surface area (Å²) < 4.78 is 9.70. The SMILES string of the molecule is COc1ccc(CCNC(=O)COCC(=O)O)cc1. The Morgan fingerprint density at radius 2 is 1.89 bits per heavy atom. The maximum Gasteiger partial charge on any atom is 0.329 e. The molecule has 0 aliphatic rings. The lowest BCUT2D eigenvalue weighted by molar-refractivity contribution is -0.143. The smallest absolute Gasteiger partial charge is 0.329 e. The van der Waals surface area contributed by atoms with E-state index < -0.39 is 12.6 Å². The Bertz CT molecular complexity index is 416. The molecule has 104 valence electrons. The van der Waals surface area contributed by atoms with Crippen LogP contribution in [0.3, 0.4) is 0 Å². The second-order valence-corrected chi connectivity index (χ2v) is 3.83. The van der Waals surface area contributed by atoms with Crippen molar-refractivity contribution in [3.05, 3.63) is 29.8 Å². The summed E-state index contributed by atoms with van der Waals surface area (Å²) >= 11 is 0. The first-order chi connectivity index (χ1) is 9.11. The molecule has 0 spiro atoms. The summed E-state index contributed by atoms with van der Waals surface area (Å²) in [5.41, 5.74) is 1.08. The number of aliphatic carboxylic acids is 1. The first-order valence-corrected chi connectivity index (χ1v) is 5.81. The third-order valence-electron chi connectivity index (χ3n) is 2.35. The molecular formula is C13H17NO5. The van der Waals surface area contributed by atoms with E-state index in [2.05, 4.69) is 10.1 Å². The summed E-state index contributed by atoms with van der Waals surface area (Å²) in [6, 6.07) is 7.55. The molecule has 0 fully saturated rings. The lowest BCUT2D eigenvalue weighted by Crippen LogP contribution is -2.30. The topological polar surface area (TPSA) is 84.9 Å². The summed E-state index contributed by atoms with van der Waals surface area (Å²) in [7, 11) is 1.60. The van der Waals surface area contributed by atoms with Gasteiger partial charge < -0.3 is 19.9 Å². The maximum absolute atomic E-state index is 11.3. The molecule has 0 radical (unpaired) electrons. The fourth-order valence-corrected chi connectivity index (χ4v) is 1.42. The molecule has 0 aliphatic carbocycles. The van der Waals surface area contributed by atoms with Crippen molar-refractivity contribution in [2.45, 2.75) is 6.42 Å². The second kappa shape index (κ2) is 8.10. The largest absolute Gasteiger partial charge is 0.497 e. The summed E-state index contributed by atoms with van der Waals surface area (Å²) in [5, 5.41) is 11.0. The van der Waals surface area contributed by atoms with Gasteiger partial charge in [-0.1, -0.05) is 12.1 Å². The molecule has 0 heterocycles. The highest BCUT2D eigenvalue weighted by molar-refractivity contribution is 5.77. The molecule has 0 aliphatic heterocycles. The van der Waals surface area contributed by atoms with Crippen molar-refractivity contribution >= 4 is 11.9 Å². The van der Waals surface area contributed by atoms with Gasteiger partial charge in [0.2, 0.25) is 5.91 Å². The van der Waals surface area contributed by atoms with Gasteiger partial charge in [0.25, 0.3) is 0 Å². The van der Waals surface area contributed by atoms with Crippen LogP contribution in [-0.2, 0) is 20.7 Å². The highest BCUT2D eigenvalue weighted by Crippen LogP contribution is 2.11. The summed E-state index contributed by atoms with van der Waals surface area (Å²) in [6.07, 6.45) is 0.689.